The van der Waals surface area contributed by atoms with Gasteiger partial charge in [-0.2, -0.15) is 20.5 Å². The summed E-state index contributed by atoms with van der Waals surface area (Å²) < 4.78 is 34.3. The number of thioether (sulfide) groups is 1. The fraction of sp³-hybridized carbons (Fsp3) is 0.400. The van der Waals surface area contributed by atoms with E-state index in [1.165, 1.54) is 0 Å². The second kappa shape index (κ2) is 10.2. The third kappa shape index (κ3) is 5.58. The molecular formula is C25H26F2N2O5S. The molecule has 0 spiro atoms. The summed E-state index contributed by atoms with van der Waals surface area (Å²) >= 11 is 1.58. The molecule has 4 rings (SSSR count). The maximum atomic E-state index is 14.5. The van der Waals surface area contributed by atoms with Crippen molar-refractivity contribution >= 4 is 29.7 Å². The molecule has 0 bridgehead atoms. The highest BCUT2D eigenvalue weighted by Crippen LogP contribution is 2.44. The predicted molar refractivity (Wildman–Crippen MR) is 128 cm³/mol. The van der Waals surface area contributed by atoms with Gasteiger partial charge in [0.1, 0.15) is 6.61 Å². The van der Waals surface area contributed by atoms with Crippen LogP contribution in [-0.2, 0) is 14.3 Å². The maximum absolute atomic E-state index is 14.5. The number of hydrogen-bond acceptors (Lipinski definition) is 5. The molecule has 186 valence electrons. The molecule has 2 aromatic carbocycles. The molecule has 35 heavy (non-hydrogen) atoms. The molecule has 2 amide bonds. The lowest BCUT2D eigenvalue weighted by atomic mass is 9.88. The number of hydrogen-bond donors (Lipinski definition) is 3. The van der Waals surface area contributed by atoms with E-state index in [-0.39, 0.29) is 25.4 Å². The first kappa shape index (κ1) is 25.0. The summed E-state index contributed by atoms with van der Waals surface area (Å²) in [6.45, 7) is -1.30. The molecular weight excluding hydrogens is 478 g/mol. The number of rotatable bonds is 8. The van der Waals surface area contributed by atoms with Gasteiger partial charge in [-0.3, -0.25) is 9.59 Å². The van der Waals surface area contributed by atoms with Crippen LogP contribution in [0.15, 0.2) is 48.5 Å². The van der Waals surface area contributed by atoms with Gasteiger partial charge in [-0.1, -0.05) is 48.5 Å². The van der Waals surface area contributed by atoms with Crippen LogP contribution < -0.4 is 10.6 Å². The molecule has 2 aromatic rings. The average molecular weight is 505 g/mol. The lowest BCUT2D eigenvalue weighted by Crippen LogP contribution is -2.58. The summed E-state index contributed by atoms with van der Waals surface area (Å²) in [5, 5.41) is 13.4. The highest BCUT2D eigenvalue weighted by atomic mass is 32.2. The van der Waals surface area contributed by atoms with Crippen molar-refractivity contribution in [2.75, 3.05) is 24.7 Å². The van der Waals surface area contributed by atoms with Gasteiger partial charge >= 0.3 is 18.0 Å². The first-order valence-corrected chi connectivity index (χ1v) is 12.5. The zero-order valence-corrected chi connectivity index (χ0v) is 19.7. The first-order valence-electron chi connectivity index (χ1n) is 11.3. The lowest BCUT2D eigenvalue weighted by Gasteiger charge is -2.37. The number of benzene rings is 2. The number of carboxylic acids is 1. The maximum Gasteiger partial charge on any atom is 0.407 e. The Morgan fingerprint density at radius 3 is 2.17 bits per heavy atom. The number of carbonyl (C=O) groups excluding carboxylic acids is 2. The summed E-state index contributed by atoms with van der Waals surface area (Å²) in [5.41, 5.74) is 2.83. The Kier molecular flexibility index (Phi) is 7.30. The van der Waals surface area contributed by atoms with E-state index in [1.807, 2.05) is 53.8 Å². The largest absolute Gasteiger partial charge is 0.481 e. The normalized spacial score (nSPS) is 16.6. The molecule has 0 aromatic heterocycles. The molecule has 1 saturated heterocycles. The average Bonchev–Trinajstić information content (AvgIpc) is 3.15. The quantitative estimate of drug-likeness (QED) is 0.502. The Hall–Kier alpha value is -3.14. The van der Waals surface area contributed by atoms with E-state index in [9.17, 15) is 28.3 Å². The second-order valence-electron chi connectivity index (χ2n) is 8.80. The minimum Gasteiger partial charge on any atom is -0.481 e. The van der Waals surface area contributed by atoms with Crippen molar-refractivity contribution in [2.45, 2.75) is 36.6 Å². The first-order chi connectivity index (χ1) is 16.7. The number of halogens is 2. The summed E-state index contributed by atoms with van der Waals surface area (Å²) in [5.74, 6) is -5.80. The van der Waals surface area contributed by atoms with Crippen LogP contribution in [0.1, 0.15) is 36.3 Å². The standard InChI is InChI=1S/C25H26F2N2O5S/c26-25(27,22(32)29-24(13-21(30)31)9-11-35-12-10-24)15-28-23(33)34-14-20-18-7-3-1-5-16(18)17-6-2-4-8-19(17)20/h1-8,20H,9-15H2,(H,28,33)(H,29,32)(H,30,31). The van der Waals surface area contributed by atoms with E-state index in [2.05, 4.69) is 5.32 Å². The third-order valence-electron chi connectivity index (χ3n) is 6.45. The molecule has 10 heteroatoms. The van der Waals surface area contributed by atoms with E-state index in [4.69, 9.17) is 4.74 Å². The molecule has 1 heterocycles. The van der Waals surface area contributed by atoms with Crippen LogP contribution in [0.2, 0.25) is 0 Å². The van der Waals surface area contributed by atoms with Crippen LogP contribution in [0.4, 0.5) is 13.6 Å². The fourth-order valence-corrected chi connectivity index (χ4v) is 5.92. The van der Waals surface area contributed by atoms with Gasteiger partial charge in [-0.05, 0) is 46.6 Å². The molecule has 3 N–H and O–H groups in total. The number of nitrogens with one attached hydrogen (secondary N) is 2. The van der Waals surface area contributed by atoms with Gasteiger partial charge in [0, 0.05) is 5.92 Å². The number of amides is 2. The van der Waals surface area contributed by atoms with Crippen LogP contribution in [0, 0.1) is 0 Å². The van der Waals surface area contributed by atoms with Crippen LogP contribution in [0.3, 0.4) is 0 Å². The molecule has 0 saturated carbocycles. The number of ether oxygens (including phenoxy) is 1. The predicted octanol–water partition coefficient (Wildman–Crippen LogP) is 4.02. The molecule has 1 fully saturated rings. The van der Waals surface area contributed by atoms with Crippen molar-refractivity contribution in [3.63, 3.8) is 0 Å². The third-order valence-corrected chi connectivity index (χ3v) is 7.43. The second-order valence-corrected chi connectivity index (χ2v) is 10.0. The molecule has 1 aliphatic carbocycles. The molecule has 0 radical (unpaired) electrons. The van der Waals surface area contributed by atoms with Crippen molar-refractivity contribution in [2.24, 2.45) is 0 Å². The van der Waals surface area contributed by atoms with E-state index in [0.29, 0.717) is 11.5 Å². The van der Waals surface area contributed by atoms with Crippen LogP contribution in [-0.4, -0.2) is 59.2 Å². The van der Waals surface area contributed by atoms with Crippen LogP contribution in [0.5, 0.6) is 0 Å². The van der Waals surface area contributed by atoms with Gasteiger partial charge in [0.2, 0.25) is 0 Å². The Balaban J connectivity index is 1.33. The fourth-order valence-electron chi connectivity index (χ4n) is 4.64. The minimum absolute atomic E-state index is 0.0446. The SMILES string of the molecule is O=C(O)CC1(NC(=O)C(F)(F)CNC(=O)OCC2c3ccccc3-c3ccccc32)CCSCC1. The number of carbonyl (C=O) groups is 3. The van der Waals surface area contributed by atoms with Gasteiger partial charge in [-0.15, -0.1) is 0 Å². The number of carboxylic acid groups (broad SMARTS) is 1. The summed E-state index contributed by atoms with van der Waals surface area (Å²) in [6.07, 6.45) is -0.930. The zero-order chi connectivity index (χ0) is 25.1. The Morgan fingerprint density at radius 2 is 1.60 bits per heavy atom. The number of fused-ring (bicyclic) bond motifs is 3. The molecule has 0 atom stereocenters. The molecule has 1 aliphatic heterocycles. The van der Waals surface area contributed by atoms with Gasteiger partial charge in [0.05, 0.1) is 18.5 Å². The molecule has 0 unspecified atom stereocenters. The minimum atomic E-state index is -3.93. The smallest absolute Gasteiger partial charge is 0.407 e. The van der Waals surface area contributed by atoms with Gasteiger partial charge in [0.25, 0.3) is 5.91 Å². The number of alkyl carbamates (subject to hydrolysis) is 1. The number of aliphatic carboxylic acids is 1. The van der Waals surface area contributed by atoms with Gasteiger partial charge in [0.15, 0.2) is 0 Å². The van der Waals surface area contributed by atoms with Crippen molar-refractivity contribution in [3.8, 4) is 11.1 Å². The van der Waals surface area contributed by atoms with Crippen molar-refractivity contribution in [1.82, 2.24) is 10.6 Å². The molecule has 7 nitrogen and oxygen atoms in total. The zero-order valence-electron chi connectivity index (χ0n) is 18.9. The van der Waals surface area contributed by atoms with E-state index < -0.39 is 42.4 Å². The Labute approximate surface area is 205 Å². The highest BCUT2D eigenvalue weighted by Gasteiger charge is 2.45. The summed E-state index contributed by atoms with van der Waals surface area (Å²) in [4.78, 5) is 35.8. The van der Waals surface area contributed by atoms with Gasteiger partial charge < -0.3 is 20.5 Å². The van der Waals surface area contributed by atoms with Crippen molar-refractivity contribution in [3.05, 3.63) is 59.7 Å². The monoisotopic (exact) mass is 504 g/mol. The Morgan fingerprint density at radius 1 is 1.03 bits per heavy atom. The van der Waals surface area contributed by atoms with Gasteiger partial charge in [-0.25, -0.2) is 4.79 Å². The topological polar surface area (TPSA) is 105 Å². The van der Waals surface area contributed by atoms with Crippen LogP contribution in [0.25, 0.3) is 11.1 Å². The highest BCUT2D eigenvalue weighted by molar-refractivity contribution is 7.99. The van der Waals surface area contributed by atoms with E-state index in [0.717, 1.165) is 22.3 Å². The number of alkyl halides is 2. The summed E-state index contributed by atoms with van der Waals surface area (Å²) in [7, 11) is 0. The van der Waals surface area contributed by atoms with E-state index >= 15 is 0 Å². The van der Waals surface area contributed by atoms with Crippen LogP contribution >= 0.6 is 11.8 Å². The summed E-state index contributed by atoms with van der Waals surface area (Å²) in [6, 6.07) is 15.5. The van der Waals surface area contributed by atoms with Crippen molar-refractivity contribution in [1.29, 1.82) is 0 Å². The lowest BCUT2D eigenvalue weighted by molar-refractivity contribution is -0.148. The Bertz CT molecular complexity index is 1080. The van der Waals surface area contributed by atoms with Crippen molar-refractivity contribution < 1.29 is 33.0 Å². The molecule has 2 aliphatic rings. The van der Waals surface area contributed by atoms with E-state index in [1.54, 1.807) is 11.8 Å².